The van der Waals surface area contributed by atoms with Crippen molar-refractivity contribution in [2.24, 2.45) is 0 Å². The van der Waals surface area contributed by atoms with Gasteiger partial charge in [-0.05, 0) is 38.0 Å². The van der Waals surface area contributed by atoms with E-state index in [4.69, 9.17) is 14.2 Å². The number of aromatic hydroxyl groups is 2. The van der Waals surface area contributed by atoms with E-state index in [2.05, 4.69) is 0 Å². The third-order valence-corrected chi connectivity index (χ3v) is 4.94. The van der Waals surface area contributed by atoms with Crippen molar-refractivity contribution in [3.8, 4) is 23.0 Å². The van der Waals surface area contributed by atoms with Crippen molar-refractivity contribution in [2.45, 2.75) is 38.6 Å². The smallest absolute Gasteiger partial charge is 0.153 e. The molecular weight excluding hydrogens is 360 g/mol. The fourth-order valence-corrected chi connectivity index (χ4v) is 3.46. The van der Waals surface area contributed by atoms with Gasteiger partial charge in [0.1, 0.15) is 35.2 Å². The van der Waals surface area contributed by atoms with Crippen molar-refractivity contribution in [3.63, 3.8) is 0 Å². The third kappa shape index (κ3) is 3.66. The Morgan fingerprint density at radius 1 is 1.14 bits per heavy atom. The first-order chi connectivity index (χ1) is 13.4. The Labute approximate surface area is 164 Å². The van der Waals surface area contributed by atoms with Crippen LogP contribution in [-0.4, -0.2) is 35.6 Å². The quantitative estimate of drug-likeness (QED) is 0.678. The minimum atomic E-state index is -1.02. The van der Waals surface area contributed by atoms with E-state index in [9.17, 15) is 15.3 Å². The first-order valence-electron chi connectivity index (χ1n) is 9.09. The number of aliphatic hydroxyl groups is 1. The van der Waals surface area contributed by atoms with Crippen LogP contribution in [0.1, 0.15) is 42.7 Å². The molecule has 2 aromatic carbocycles. The minimum absolute atomic E-state index is 0.0422. The summed E-state index contributed by atoms with van der Waals surface area (Å²) in [4.78, 5) is 0. The summed E-state index contributed by atoms with van der Waals surface area (Å²) < 4.78 is 17.2. The van der Waals surface area contributed by atoms with E-state index in [-0.39, 0.29) is 11.5 Å². The van der Waals surface area contributed by atoms with Crippen LogP contribution in [0.3, 0.4) is 0 Å². The van der Waals surface area contributed by atoms with Gasteiger partial charge in [-0.25, -0.2) is 0 Å². The zero-order chi connectivity index (χ0) is 20.4. The van der Waals surface area contributed by atoms with E-state index in [0.717, 1.165) is 11.1 Å². The molecule has 6 nitrogen and oxygen atoms in total. The van der Waals surface area contributed by atoms with Crippen molar-refractivity contribution in [2.75, 3.05) is 14.2 Å². The summed E-state index contributed by atoms with van der Waals surface area (Å²) in [5.41, 5.74) is 2.88. The van der Waals surface area contributed by atoms with E-state index in [0.29, 0.717) is 29.0 Å². The molecule has 0 saturated carbocycles. The zero-order valence-electron chi connectivity index (χ0n) is 16.5. The van der Waals surface area contributed by atoms with Crippen LogP contribution in [-0.2, 0) is 11.2 Å². The van der Waals surface area contributed by atoms with Gasteiger partial charge >= 0.3 is 0 Å². The number of hydrogen-bond acceptors (Lipinski definition) is 6. The van der Waals surface area contributed by atoms with Gasteiger partial charge in [0.2, 0.25) is 0 Å². The summed E-state index contributed by atoms with van der Waals surface area (Å²) >= 11 is 0. The average molecular weight is 386 g/mol. The lowest BCUT2D eigenvalue weighted by atomic mass is 9.89. The van der Waals surface area contributed by atoms with Crippen molar-refractivity contribution in [1.29, 1.82) is 0 Å². The number of hydrogen-bond donors (Lipinski definition) is 3. The molecule has 3 rings (SSSR count). The normalized spacial score (nSPS) is 20.8. The van der Waals surface area contributed by atoms with Crippen LogP contribution in [0.2, 0.25) is 0 Å². The second-order valence-corrected chi connectivity index (χ2v) is 7.08. The Hall–Kier alpha value is -2.70. The molecule has 0 aliphatic carbocycles. The molecule has 28 heavy (non-hydrogen) atoms. The van der Waals surface area contributed by atoms with Gasteiger partial charge in [0.15, 0.2) is 6.10 Å². The van der Waals surface area contributed by atoms with Crippen molar-refractivity contribution >= 4 is 0 Å². The first kappa shape index (κ1) is 20.0. The first-order valence-corrected chi connectivity index (χ1v) is 9.09. The number of fused-ring (bicyclic) bond motifs is 1. The van der Waals surface area contributed by atoms with Gasteiger partial charge in [-0.3, -0.25) is 0 Å². The number of ether oxygens (including phenoxy) is 3. The Balaban J connectivity index is 2.16. The second-order valence-electron chi connectivity index (χ2n) is 7.08. The monoisotopic (exact) mass is 386 g/mol. The van der Waals surface area contributed by atoms with Crippen LogP contribution in [0.15, 0.2) is 42.0 Å². The predicted molar refractivity (Wildman–Crippen MR) is 105 cm³/mol. The summed E-state index contributed by atoms with van der Waals surface area (Å²) in [5, 5.41) is 31.2. The van der Waals surface area contributed by atoms with E-state index in [1.807, 2.05) is 19.9 Å². The lowest BCUT2D eigenvalue weighted by molar-refractivity contribution is -0.0926. The van der Waals surface area contributed by atoms with Crippen LogP contribution in [0.4, 0.5) is 0 Å². The largest absolute Gasteiger partial charge is 0.508 e. The topological polar surface area (TPSA) is 88.4 Å². The molecule has 0 unspecified atom stereocenters. The van der Waals surface area contributed by atoms with Crippen molar-refractivity contribution < 1.29 is 29.5 Å². The Kier molecular flexibility index (Phi) is 5.82. The highest BCUT2D eigenvalue weighted by atomic mass is 16.6. The fraction of sp³-hybridized carbons (Fsp3) is 0.364. The maximum atomic E-state index is 11.1. The fourth-order valence-electron chi connectivity index (χ4n) is 3.46. The molecule has 6 heteroatoms. The maximum absolute atomic E-state index is 11.1. The molecule has 0 aromatic heterocycles. The average Bonchev–Trinajstić information content (AvgIpc) is 2.66. The molecule has 0 amide bonds. The van der Waals surface area contributed by atoms with E-state index < -0.39 is 18.3 Å². The Morgan fingerprint density at radius 2 is 1.82 bits per heavy atom. The summed E-state index contributed by atoms with van der Waals surface area (Å²) in [6.07, 6.45) is 0.105. The number of benzene rings is 2. The summed E-state index contributed by atoms with van der Waals surface area (Å²) in [6.45, 7) is 3.95. The maximum Gasteiger partial charge on any atom is 0.153 e. The van der Waals surface area contributed by atoms with Gasteiger partial charge in [0.05, 0.1) is 12.7 Å². The van der Waals surface area contributed by atoms with Crippen LogP contribution in [0.5, 0.6) is 23.0 Å². The van der Waals surface area contributed by atoms with Crippen LogP contribution in [0.25, 0.3) is 0 Å². The predicted octanol–water partition coefficient (Wildman–Crippen LogP) is 3.80. The van der Waals surface area contributed by atoms with E-state index in [1.165, 1.54) is 20.3 Å². The van der Waals surface area contributed by atoms with Gasteiger partial charge in [-0.15, -0.1) is 0 Å². The van der Waals surface area contributed by atoms with Gasteiger partial charge in [0.25, 0.3) is 0 Å². The molecule has 3 N–H and O–H groups in total. The third-order valence-electron chi connectivity index (χ3n) is 4.94. The van der Waals surface area contributed by atoms with Crippen LogP contribution in [0, 0.1) is 0 Å². The molecule has 0 bridgehead atoms. The minimum Gasteiger partial charge on any atom is -0.508 e. The summed E-state index contributed by atoms with van der Waals surface area (Å²) in [6, 6.07) is 8.05. The van der Waals surface area contributed by atoms with E-state index in [1.54, 1.807) is 24.3 Å². The van der Waals surface area contributed by atoms with Crippen LogP contribution >= 0.6 is 0 Å². The summed E-state index contributed by atoms with van der Waals surface area (Å²) in [5.74, 6) is 0.916. The summed E-state index contributed by atoms with van der Waals surface area (Å²) in [7, 11) is 2.98. The number of phenolic OH excluding ortho intramolecular Hbond substituents is 2. The lowest BCUT2D eigenvalue weighted by Crippen LogP contribution is -2.36. The highest BCUT2D eigenvalue weighted by Gasteiger charge is 2.42. The van der Waals surface area contributed by atoms with Gasteiger partial charge in [-0.1, -0.05) is 23.8 Å². The Bertz CT molecular complexity index is 868. The van der Waals surface area contributed by atoms with Crippen LogP contribution < -0.4 is 9.47 Å². The molecule has 2 aromatic rings. The standard InChI is InChI=1S/C22H26O6/c1-12(2)5-10-15-16(24)11-17(26-3)18-19(25)22(27-4)20(28-21(15)18)13-6-8-14(23)9-7-13/h5-9,11,19-20,22-25H,10H2,1-4H3/t19-,20+,22-/m0/s1. The van der Waals surface area contributed by atoms with Gasteiger partial charge < -0.3 is 29.5 Å². The molecule has 150 valence electrons. The Morgan fingerprint density at radius 3 is 2.39 bits per heavy atom. The molecule has 0 fully saturated rings. The molecule has 0 saturated heterocycles. The second kappa shape index (κ2) is 8.12. The van der Waals surface area contributed by atoms with Gasteiger partial charge in [-0.2, -0.15) is 0 Å². The molecule has 0 spiro atoms. The highest BCUT2D eigenvalue weighted by molar-refractivity contribution is 5.60. The number of aliphatic hydroxyl groups excluding tert-OH is 1. The number of methoxy groups -OCH3 is 2. The molecule has 0 radical (unpaired) electrons. The highest BCUT2D eigenvalue weighted by Crippen LogP contribution is 2.50. The molecule has 1 aliphatic heterocycles. The van der Waals surface area contributed by atoms with E-state index >= 15 is 0 Å². The SMILES string of the molecule is COc1cc(O)c(CC=C(C)C)c2c1[C@H](O)[C@H](OC)[C@@H](c1ccc(O)cc1)O2. The number of phenols is 2. The lowest BCUT2D eigenvalue weighted by Gasteiger charge is -2.38. The molecule has 1 aliphatic rings. The molecular formula is C22H26O6. The molecule has 1 heterocycles. The van der Waals surface area contributed by atoms with Gasteiger partial charge in [0, 0.05) is 18.7 Å². The number of rotatable bonds is 5. The molecule has 3 atom stereocenters. The number of allylic oxidation sites excluding steroid dienone is 2. The zero-order valence-corrected chi connectivity index (χ0v) is 16.5. The van der Waals surface area contributed by atoms with Crippen molar-refractivity contribution in [3.05, 3.63) is 58.7 Å². The van der Waals surface area contributed by atoms with Crippen molar-refractivity contribution in [1.82, 2.24) is 0 Å².